The van der Waals surface area contributed by atoms with Crippen molar-refractivity contribution in [3.05, 3.63) is 22.4 Å². The van der Waals surface area contributed by atoms with Crippen LogP contribution in [0.1, 0.15) is 19.7 Å². The predicted molar refractivity (Wildman–Crippen MR) is 74.5 cm³/mol. The van der Waals surface area contributed by atoms with E-state index in [0.29, 0.717) is 23.9 Å². The highest BCUT2D eigenvalue weighted by atomic mass is 16.1. The Morgan fingerprint density at radius 1 is 1.53 bits per heavy atom. The summed E-state index contributed by atoms with van der Waals surface area (Å²) in [6.07, 6.45) is 0. The molecule has 0 bridgehead atoms. The van der Waals surface area contributed by atoms with Gasteiger partial charge >= 0.3 is 5.69 Å². The molecule has 7 heteroatoms. The number of rotatable bonds is 5. The van der Waals surface area contributed by atoms with Crippen LogP contribution >= 0.6 is 0 Å². The van der Waals surface area contributed by atoms with Crippen molar-refractivity contribution >= 4 is 11.5 Å². The molecule has 2 rings (SSSR count). The van der Waals surface area contributed by atoms with Crippen molar-refractivity contribution in [1.29, 1.82) is 0 Å². The number of aromatic amines is 1. The molecule has 0 unspecified atom stereocenters. The number of fused-ring (bicyclic) bond motifs is 1. The summed E-state index contributed by atoms with van der Waals surface area (Å²) in [4.78, 5) is 18.2. The van der Waals surface area contributed by atoms with Crippen molar-refractivity contribution in [3.63, 3.8) is 0 Å². The summed E-state index contributed by atoms with van der Waals surface area (Å²) in [5, 5.41) is 6.42. The average molecular weight is 264 g/mol. The Labute approximate surface area is 111 Å². The molecule has 104 valence electrons. The van der Waals surface area contributed by atoms with Crippen molar-refractivity contribution in [1.82, 2.24) is 19.6 Å². The standard InChI is InChI=1S/C12H20N6O/c1-8(2)7-17(5-4-13)10-6-11-15-16-12(19)18(11)9(3)14-10/h6,8H,4-5,7,13H2,1-3H3,(H,16,19). The van der Waals surface area contributed by atoms with Crippen LogP contribution in [0.4, 0.5) is 5.82 Å². The third-order valence-corrected chi connectivity index (χ3v) is 2.86. The predicted octanol–water partition coefficient (Wildman–Crippen LogP) is 0.147. The fraction of sp³-hybridized carbons (Fsp3) is 0.583. The van der Waals surface area contributed by atoms with Crippen LogP contribution in [0, 0.1) is 12.8 Å². The van der Waals surface area contributed by atoms with Gasteiger partial charge in [-0.25, -0.2) is 19.3 Å². The Morgan fingerprint density at radius 3 is 2.89 bits per heavy atom. The van der Waals surface area contributed by atoms with Crippen LogP contribution in [0.25, 0.3) is 5.65 Å². The second-order valence-electron chi connectivity index (χ2n) is 5.01. The molecule has 0 spiro atoms. The lowest BCUT2D eigenvalue weighted by molar-refractivity contribution is 0.606. The van der Waals surface area contributed by atoms with E-state index in [-0.39, 0.29) is 5.69 Å². The van der Waals surface area contributed by atoms with Crippen LogP contribution in [-0.4, -0.2) is 39.2 Å². The van der Waals surface area contributed by atoms with Gasteiger partial charge in [0.25, 0.3) is 0 Å². The molecule has 0 saturated heterocycles. The summed E-state index contributed by atoms with van der Waals surface area (Å²) >= 11 is 0. The molecule has 0 aliphatic heterocycles. The number of aromatic nitrogens is 4. The van der Waals surface area contributed by atoms with Crippen LogP contribution in [0.3, 0.4) is 0 Å². The molecule has 0 atom stereocenters. The fourth-order valence-corrected chi connectivity index (χ4v) is 2.14. The summed E-state index contributed by atoms with van der Waals surface area (Å²) in [6.45, 7) is 8.25. The first-order valence-corrected chi connectivity index (χ1v) is 6.42. The average Bonchev–Trinajstić information content (AvgIpc) is 2.70. The van der Waals surface area contributed by atoms with Crippen molar-refractivity contribution in [2.75, 3.05) is 24.5 Å². The van der Waals surface area contributed by atoms with E-state index in [1.54, 1.807) is 6.92 Å². The first kappa shape index (κ1) is 13.5. The molecule has 2 heterocycles. The summed E-state index contributed by atoms with van der Waals surface area (Å²) in [5.41, 5.74) is 5.97. The van der Waals surface area contributed by atoms with E-state index in [4.69, 9.17) is 5.73 Å². The molecule has 0 saturated carbocycles. The lowest BCUT2D eigenvalue weighted by Gasteiger charge is -2.25. The van der Waals surface area contributed by atoms with Gasteiger partial charge in [0.15, 0.2) is 5.65 Å². The van der Waals surface area contributed by atoms with E-state index >= 15 is 0 Å². The maximum atomic E-state index is 11.6. The van der Waals surface area contributed by atoms with Crippen LogP contribution in [-0.2, 0) is 0 Å². The van der Waals surface area contributed by atoms with E-state index in [0.717, 1.165) is 18.9 Å². The van der Waals surface area contributed by atoms with Gasteiger partial charge in [0.2, 0.25) is 0 Å². The molecular formula is C12H20N6O. The van der Waals surface area contributed by atoms with Crippen molar-refractivity contribution in [2.24, 2.45) is 11.7 Å². The summed E-state index contributed by atoms with van der Waals surface area (Å²) in [6, 6.07) is 1.81. The third kappa shape index (κ3) is 2.76. The number of nitrogens with one attached hydrogen (secondary N) is 1. The first-order chi connectivity index (χ1) is 9.02. The molecule has 2 aromatic heterocycles. The molecule has 0 radical (unpaired) electrons. The number of nitrogens with zero attached hydrogens (tertiary/aromatic N) is 4. The van der Waals surface area contributed by atoms with Crippen LogP contribution in [0.2, 0.25) is 0 Å². The van der Waals surface area contributed by atoms with Gasteiger partial charge in [-0.05, 0) is 12.8 Å². The first-order valence-electron chi connectivity index (χ1n) is 6.42. The molecule has 0 aromatic carbocycles. The highest BCUT2D eigenvalue weighted by molar-refractivity contribution is 5.51. The van der Waals surface area contributed by atoms with Crippen molar-refractivity contribution < 1.29 is 0 Å². The Hall–Kier alpha value is -1.89. The number of hydrogen-bond acceptors (Lipinski definition) is 5. The zero-order chi connectivity index (χ0) is 14.0. The van der Waals surface area contributed by atoms with E-state index in [2.05, 4.69) is 33.9 Å². The lowest BCUT2D eigenvalue weighted by Crippen LogP contribution is -2.33. The topological polar surface area (TPSA) is 92.3 Å². The van der Waals surface area contributed by atoms with Crippen LogP contribution in [0.5, 0.6) is 0 Å². The van der Waals surface area contributed by atoms with Crippen LogP contribution in [0.15, 0.2) is 10.9 Å². The molecule has 0 fully saturated rings. The van der Waals surface area contributed by atoms with E-state index in [9.17, 15) is 4.79 Å². The molecular weight excluding hydrogens is 244 g/mol. The van der Waals surface area contributed by atoms with Gasteiger partial charge in [0.05, 0.1) is 0 Å². The van der Waals surface area contributed by atoms with Crippen molar-refractivity contribution in [2.45, 2.75) is 20.8 Å². The van der Waals surface area contributed by atoms with Gasteiger partial charge in [-0.2, -0.15) is 5.10 Å². The smallest absolute Gasteiger partial charge is 0.349 e. The zero-order valence-electron chi connectivity index (χ0n) is 11.6. The normalized spacial score (nSPS) is 11.4. The molecule has 0 aliphatic rings. The van der Waals surface area contributed by atoms with Gasteiger partial charge in [-0.1, -0.05) is 13.8 Å². The zero-order valence-corrected chi connectivity index (χ0v) is 11.6. The number of aryl methyl sites for hydroxylation is 1. The molecule has 0 amide bonds. The molecule has 19 heavy (non-hydrogen) atoms. The Bertz CT molecular complexity index is 614. The molecule has 7 nitrogen and oxygen atoms in total. The van der Waals surface area contributed by atoms with Gasteiger partial charge in [0, 0.05) is 25.7 Å². The van der Waals surface area contributed by atoms with E-state index in [1.807, 2.05) is 6.07 Å². The minimum Gasteiger partial charge on any atom is -0.355 e. The Kier molecular flexibility index (Phi) is 3.84. The fourth-order valence-electron chi connectivity index (χ4n) is 2.14. The largest absolute Gasteiger partial charge is 0.355 e. The molecule has 2 aromatic rings. The van der Waals surface area contributed by atoms with E-state index < -0.39 is 0 Å². The molecule has 3 N–H and O–H groups in total. The minimum atomic E-state index is -0.263. The number of H-pyrrole nitrogens is 1. The van der Waals surface area contributed by atoms with Gasteiger partial charge in [-0.3, -0.25) is 0 Å². The SMILES string of the molecule is Cc1nc(N(CCN)CC(C)C)cc2n[nH]c(=O)n12. The highest BCUT2D eigenvalue weighted by Gasteiger charge is 2.13. The lowest BCUT2D eigenvalue weighted by atomic mass is 10.2. The summed E-state index contributed by atoms with van der Waals surface area (Å²) in [7, 11) is 0. The van der Waals surface area contributed by atoms with Crippen molar-refractivity contribution in [3.8, 4) is 0 Å². The Balaban J connectivity index is 2.45. The van der Waals surface area contributed by atoms with Crippen LogP contribution < -0.4 is 16.3 Å². The number of nitrogens with two attached hydrogens (primary N) is 1. The van der Waals surface area contributed by atoms with Gasteiger partial charge < -0.3 is 10.6 Å². The summed E-state index contributed by atoms with van der Waals surface area (Å²) in [5.74, 6) is 1.94. The second kappa shape index (κ2) is 5.40. The quantitative estimate of drug-likeness (QED) is 0.801. The number of anilines is 1. The maximum Gasteiger partial charge on any atom is 0.349 e. The molecule has 0 aliphatic carbocycles. The maximum absolute atomic E-state index is 11.6. The van der Waals surface area contributed by atoms with E-state index in [1.165, 1.54) is 4.40 Å². The second-order valence-corrected chi connectivity index (χ2v) is 5.01. The minimum absolute atomic E-state index is 0.263. The Morgan fingerprint density at radius 2 is 2.26 bits per heavy atom. The summed E-state index contributed by atoms with van der Waals surface area (Å²) < 4.78 is 1.46. The number of hydrogen-bond donors (Lipinski definition) is 2. The monoisotopic (exact) mass is 264 g/mol. The third-order valence-electron chi connectivity index (χ3n) is 2.86. The van der Waals surface area contributed by atoms with Gasteiger partial charge in [0.1, 0.15) is 11.6 Å². The highest BCUT2D eigenvalue weighted by Crippen LogP contribution is 2.15. The van der Waals surface area contributed by atoms with Gasteiger partial charge in [-0.15, -0.1) is 0 Å².